The number of ether oxygens (including phenoxy) is 1. The molecule has 0 amide bonds. The summed E-state index contributed by atoms with van der Waals surface area (Å²) in [6, 6.07) is 4.12. The van der Waals surface area contributed by atoms with E-state index in [1.165, 1.54) is 0 Å². The van der Waals surface area contributed by atoms with Crippen molar-refractivity contribution in [1.82, 2.24) is 4.98 Å². The van der Waals surface area contributed by atoms with Crippen LogP contribution in [0, 0.1) is 0 Å². The number of hydrogen-bond donors (Lipinski definition) is 1. The van der Waals surface area contributed by atoms with E-state index < -0.39 is 0 Å². The van der Waals surface area contributed by atoms with Gasteiger partial charge >= 0.3 is 0 Å². The van der Waals surface area contributed by atoms with Crippen molar-refractivity contribution >= 4 is 5.82 Å². The molecule has 1 saturated heterocycles. The third-order valence-corrected chi connectivity index (χ3v) is 3.77. The maximum Gasteiger partial charge on any atom is 0.128 e. The third-order valence-electron chi connectivity index (χ3n) is 3.77. The summed E-state index contributed by atoms with van der Waals surface area (Å²) in [4.78, 5) is 6.75. The van der Waals surface area contributed by atoms with Gasteiger partial charge < -0.3 is 15.4 Å². The number of methoxy groups -OCH3 is 1. The average Bonchev–Trinajstić information content (AvgIpc) is 2.39. The Balaban J connectivity index is 2.18. The Labute approximate surface area is 109 Å². The first-order valence-corrected chi connectivity index (χ1v) is 6.56. The zero-order valence-corrected chi connectivity index (χ0v) is 11.5. The van der Waals surface area contributed by atoms with E-state index in [4.69, 9.17) is 10.5 Å². The summed E-state index contributed by atoms with van der Waals surface area (Å²) in [6.45, 7) is 6.08. The minimum atomic E-state index is -0.0652. The van der Waals surface area contributed by atoms with Crippen LogP contribution in [0.1, 0.15) is 38.3 Å². The van der Waals surface area contributed by atoms with Crippen molar-refractivity contribution in [3.63, 3.8) is 0 Å². The lowest BCUT2D eigenvalue weighted by molar-refractivity contribution is -0.00481. The average molecular weight is 249 g/mol. The van der Waals surface area contributed by atoms with Gasteiger partial charge in [-0.3, -0.25) is 0 Å². The molecule has 1 aromatic rings. The first-order valence-electron chi connectivity index (χ1n) is 6.56. The van der Waals surface area contributed by atoms with Crippen molar-refractivity contribution in [2.45, 2.75) is 38.3 Å². The fourth-order valence-electron chi connectivity index (χ4n) is 2.46. The zero-order chi connectivity index (χ0) is 13.2. The highest BCUT2D eigenvalue weighted by Gasteiger charge is 2.31. The van der Waals surface area contributed by atoms with E-state index in [0.717, 1.165) is 37.3 Å². The van der Waals surface area contributed by atoms with Crippen molar-refractivity contribution < 1.29 is 4.74 Å². The molecule has 0 saturated carbocycles. The Kier molecular flexibility index (Phi) is 3.88. The predicted molar refractivity (Wildman–Crippen MR) is 73.7 cm³/mol. The molecule has 4 heteroatoms. The maximum absolute atomic E-state index is 5.92. The third kappa shape index (κ3) is 2.82. The molecule has 0 aliphatic carbocycles. The lowest BCUT2D eigenvalue weighted by Crippen LogP contribution is -2.47. The number of pyridine rings is 1. The highest BCUT2D eigenvalue weighted by molar-refractivity contribution is 5.42. The molecule has 1 aliphatic heterocycles. The second-order valence-electron chi connectivity index (χ2n) is 5.42. The Morgan fingerprint density at radius 3 is 3.00 bits per heavy atom. The predicted octanol–water partition coefficient (Wildman–Crippen LogP) is 2.11. The molecule has 4 nitrogen and oxygen atoms in total. The number of rotatable bonds is 3. The van der Waals surface area contributed by atoms with Crippen LogP contribution < -0.4 is 10.6 Å². The largest absolute Gasteiger partial charge is 0.377 e. The summed E-state index contributed by atoms with van der Waals surface area (Å²) in [5.41, 5.74) is 6.98. The highest BCUT2D eigenvalue weighted by atomic mass is 16.5. The van der Waals surface area contributed by atoms with Crippen LogP contribution in [0.25, 0.3) is 0 Å². The van der Waals surface area contributed by atoms with Crippen LogP contribution in [0.3, 0.4) is 0 Å². The Hall–Kier alpha value is -1.13. The molecule has 2 unspecified atom stereocenters. The minimum Gasteiger partial charge on any atom is -0.377 e. The summed E-state index contributed by atoms with van der Waals surface area (Å²) in [7, 11) is 1.79. The van der Waals surface area contributed by atoms with Crippen LogP contribution in [-0.4, -0.2) is 30.8 Å². The Bertz CT molecular complexity index is 408. The zero-order valence-electron chi connectivity index (χ0n) is 11.5. The van der Waals surface area contributed by atoms with E-state index in [9.17, 15) is 0 Å². The van der Waals surface area contributed by atoms with Crippen LogP contribution in [0.15, 0.2) is 18.3 Å². The smallest absolute Gasteiger partial charge is 0.128 e. The van der Waals surface area contributed by atoms with E-state index >= 15 is 0 Å². The summed E-state index contributed by atoms with van der Waals surface area (Å²) >= 11 is 0. The van der Waals surface area contributed by atoms with Gasteiger partial charge in [-0.05, 0) is 44.4 Å². The van der Waals surface area contributed by atoms with Gasteiger partial charge in [-0.25, -0.2) is 4.98 Å². The van der Waals surface area contributed by atoms with Gasteiger partial charge in [0.2, 0.25) is 0 Å². The van der Waals surface area contributed by atoms with Gasteiger partial charge in [-0.2, -0.15) is 0 Å². The SMILES string of the molecule is COC1(C)CCCN(c2cc(C(C)N)ccn2)C1. The molecule has 0 radical (unpaired) electrons. The summed E-state index contributed by atoms with van der Waals surface area (Å²) in [5, 5.41) is 0. The minimum absolute atomic E-state index is 0.0466. The summed E-state index contributed by atoms with van der Waals surface area (Å²) in [5.74, 6) is 1.01. The standard InChI is InChI=1S/C14H23N3O/c1-11(15)12-5-7-16-13(9-12)17-8-4-6-14(2,10-17)18-3/h5,7,9,11H,4,6,8,10,15H2,1-3H3. The Morgan fingerprint density at radius 2 is 2.33 bits per heavy atom. The number of anilines is 1. The van der Waals surface area contributed by atoms with E-state index in [2.05, 4.69) is 22.9 Å². The van der Waals surface area contributed by atoms with Gasteiger partial charge in [0.05, 0.1) is 5.60 Å². The van der Waals surface area contributed by atoms with Crippen molar-refractivity contribution in [1.29, 1.82) is 0 Å². The topological polar surface area (TPSA) is 51.4 Å². The monoisotopic (exact) mass is 249 g/mol. The van der Waals surface area contributed by atoms with Crippen LogP contribution in [0.4, 0.5) is 5.82 Å². The highest BCUT2D eigenvalue weighted by Crippen LogP contribution is 2.27. The number of aromatic nitrogens is 1. The van der Waals surface area contributed by atoms with Crippen LogP contribution in [0.5, 0.6) is 0 Å². The quantitative estimate of drug-likeness (QED) is 0.891. The first-order chi connectivity index (χ1) is 8.54. The second kappa shape index (κ2) is 5.24. The van der Waals surface area contributed by atoms with Crippen molar-refractivity contribution in [2.75, 3.05) is 25.1 Å². The second-order valence-corrected chi connectivity index (χ2v) is 5.42. The van der Waals surface area contributed by atoms with Crippen LogP contribution in [0.2, 0.25) is 0 Å². The molecule has 0 aromatic carbocycles. The van der Waals surface area contributed by atoms with E-state index in [1.54, 1.807) is 7.11 Å². The molecule has 1 aliphatic rings. The van der Waals surface area contributed by atoms with Gasteiger partial charge in [0, 0.05) is 32.4 Å². The molecule has 2 atom stereocenters. The molecule has 2 heterocycles. The van der Waals surface area contributed by atoms with Crippen molar-refractivity contribution in [2.24, 2.45) is 5.73 Å². The molecule has 18 heavy (non-hydrogen) atoms. The van der Waals surface area contributed by atoms with E-state index in [0.29, 0.717) is 0 Å². The van der Waals surface area contributed by atoms with E-state index in [1.807, 2.05) is 19.2 Å². The molecular weight excluding hydrogens is 226 g/mol. The molecule has 0 bridgehead atoms. The van der Waals surface area contributed by atoms with Gasteiger partial charge in [0.15, 0.2) is 0 Å². The first kappa shape index (κ1) is 13.3. The fraction of sp³-hybridized carbons (Fsp3) is 0.643. The van der Waals surface area contributed by atoms with Gasteiger partial charge in [-0.1, -0.05) is 0 Å². The van der Waals surface area contributed by atoms with Crippen LogP contribution in [-0.2, 0) is 4.74 Å². The molecule has 0 spiro atoms. The molecule has 2 N–H and O–H groups in total. The number of hydrogen-bond acceptors (Lipinski definition) is 4. The lowest BCUT2D eigenvalue weighted by Gasteiger charge is -2.40. The van der Waals surface area contributed by atoms with E-state index in [-0.39, 0.29) is 11.6 Å². The van der Waals surface area contributed by atoms with Gasteiger partial charge in [0.1, 0.15) is 5.82 Å². The van der Waals surface area contributed by atoms with Crippen LogP contribution >= 0.6 is 0 Å². The molecular formula is C14H23N3O. The van der Waals surface area contributed by atoms with Crippen molar-refractivity contribution in [3.8, 4) is 0 Å². The lowest BCUT2D eigenvalue weighted by atomic mass is 9.94. The summed E-state index contributed by atoms with van der Waals surface area (Å²) < 4.78 is 5.61. The Morgan fingerprint density at radius 1 is 1.56 bits per heavy atom. The molecule has 2 rings (SSSR count). The van der Waals surface area contributed by atoms with Gasteiger partial charge in [0.25, 0.3) is 0 Å². The molecule has 1 fully saturated rings. The normalized spacial score (nSPS) is 26.1. The number of piperidine rings is 1. The maximum atomic E-state index is 5.92. The van der Waals surface area contributed by atoms with Crippen molar-refractivity contribution in [3.05, 3.63) is 23.9 Å². The molecule has 1 aromatic heterocycles. The number of nitrogens with two attached hydrogens (primary N) is 1. The summed E-state index contributed by atoms with van der Waals surface area (Å²) in [6.07, 6.45) is 4.08. The molecule has 100 valence electrons. The fourth-order valence-corrected chi connectivity index (χ4v) is 2.46. The number of nitrogens with zero attached hydrogens (tertiary/aromatic N) is 2. The van der Waals surface area contributed by atoms with Gasteiger partial charge in [-0.15, -0.1) is 0 Å².